The topological polar surface area (TPSA) is 22.1 Å². The quantitative estimate of drug-likeness (QED) is 0.759. The van der Waals surface area contributed by atoms with Gasteiger partial charge in [0.05, 0.1) is 18.6 Å². The molecule has 0 aromatic carbocycles. The summed E-state index contributed by atoms with van der Waals surface area (Å²) in [6.45, 7) is 4.60. The second-order valence-corrected chi connectivity index (χ2v) is 3.45. The molecule has 0 unspecified atom stereocenters. The number of aromatic nitrogens is 1. The smallest absolute Gasteiger partial charge is 0.0845 e. The molecule has 1 rings (SSSR count). The third kappa shape index (κ3) is 3.19. The number of nitrogens with zero attached hydrogens (tertiary/aromatic N) is 1. The van der Waals surface area contributed by atoms with E-state index < -0.39 is 0 Å². The van der Waals surface area contributed by atoms with Crippen molar-refractivity contribution in [2.24, 2.45) is 0 Å². The Morgan fingerprint density at radius 3 is 3.00 bits per heavy atom. The Labute approximate surface area is 86.8 Å². The van der Waals surface area contributed by atoms with Gasteiger partial charge < -0.3 is 4.74 Å². The Kier molecular flexibility index (Phi) is 3.96. The zero-order chi connectivity index (χ0) is 9.68. The number of pyridine rings is 1. The van der Waals surface area contributed by atoms with Gasteiger partial charge in [-0.3, -0.25) is 4.98 Å². The summed E-state index contributed by atoms with van der Waals surface area (Å²) in [6.07, 6.45) is 5.38. The van der Waals surface area contributed by atoms with Crippen LogP contribution in [0.4, 0.5) is 0 Å². The molecule has 1 heterocycles. The monoisotopic (exact) mass is 241 g/mol. The van der Waals surface area contributed by atoms with Gasteiger partial charge in [0.1, 0.15) is 0 Å². The van der Waals surface area contributed by atoms with Crippen molar-refractivity contribution in [2.75, 3.05) is 6.61 Å². The molecule has 0 aliphatic heterocycles. The minimum Gasteiger partial charge on any atom is -0.501 e. The lowest BCUT2D eigenvalue weighted by Gasteiger charge is -1.98. The Balaban J connectivity index is 2.73. The van der Waals surface area contributed by atoms with Crippen LogP contribution < -0.4 is 0 Å². The molecular formula is C10H12BrNO. The molecule has 0 saturated carbocycles. The molecule has 0 aliphatic rings. The van der Waals surface area contributed by atoms with Gasteiger partial charge in [-0.15, -0.1) is 0 Å². The van der Waals surface area contributed by atoms with Crippen LogP contribution in [0.5, 0.6) is 0 Å². The Morgan fingerprint density at radius 2 is 2.38 bits per heavy atom. The van der Waals surface area contributed by atoms with Gasteiger partial charge in [0, 0.05) is 10.7 Å². The average Bonchev–Trinajstić information content (AvgIpc) is 2.12. The summed E-state index contributed by atoms with van der Waals surface area (Å²) in [7, 11) is 0. The van der Waals surface area contributed by atoms with Crippen LogP contribution in [0.3, 0.4) is 0 Å². The van der Waals surface area contributed by atoms with E-state index in [2.05, 4.69) is 20.9 Å². The van der Waals surface area contributed by atoms with Crippen LogP contribution in [0.15, 0.2) is 23.0 Å². The highest BCUT2D eigenvalue weighted by atomic mass is 79.9. The van der Waals surface area contributed by atoms with Crippen LogP contribution in [-0.2, 0) is 4.74 Å². The third-order valence-corrected chi connectivity index (χ3v) is 2.37. The fourth-order valence-electron chi connectivity index (χ4n) is 0.835. The first-order chi connectivity index (χ1) is 6.24. The van der Waals surface area contributed by atoms with Gasteiger partial charge in [-0.2, -0.15) is 0 Å². The molecule has 3 heteroatoms. The predicted octanol–water partition coefficient (Wildman–Crippen LogP) is 3.16. The molecular weight excluding hydrogens is 230 g/mol. The van der Waals surface area contributed by atoms with Crippen molar-refractivity contribution in [1.29, 1.82) is 0 Å². The van der Waals surface area contributed by atoms with E-state index in [0.29, 0.717) is 6.61 Å². The van der Waals surface area contributed by atoms with Gasteiger partial charge in [-0.05, 0) is 47.5 Å². The Hall–Kier alpha value is -0.830. The van der Waals surface area contributed by atoms with Crippen LogP contribution >= 0.6 is 15.9 Å². The van der Waals surface area contributed by atoms with E-state index in [-0.39, 0.29) is 0 Å². The summed E-state index contributed by atoms with van der Waals surface area (Å²) >= 11 is 3.42. The maximum Gasteiger partial charge on any atom is 0.0845 e. The number of halogens is 1. The van der Waals surface area contributed by atoms with Crippen molar-refractivity contribution in [3.05, 3.63) is 34.3 Å². The molecule has 2 nitrogen and oxygen atoms in total. The fraction of sp³-hybridized carbons (Fsp3) is 0.300. The normalized spacial score (nSPS) is 10.7. The lowest BCUT2D eigenvalue weighted by Crippen LogP contribution is -1.84. The van der Waals surface area contributed by atoms with Crippen molar-refractivity contribution in [1.82, 2.24) is 4.98 Å². The zero-order valence-corrected chi connectivity index (χ0v) is 9.34. The van der Waals surface area contributed by atoms with E-state index in [9.17, 15) is 0 Å². The van der Waals surface area contributed by atoms with E-state index in [4.69, 9.17) is 4.74 Å². The molecule has 0 radical (unpaired) electrons. The van der Waals surface area contributed by atoms with Crippen molar-refractivity contribution in [3.63, 3.8) is 0 Å². The van der Waals surface area contributed by atoms with E-state index in [1.54, 1.807) is 6.26 Å². The summed E-state index contributed by atoms with van der Waals surface area (Å²) < 4.78 is 6.10. The molecule has 0 spiro atoms. The molecule has 0 aliphatic carbocycles. The molecule has 0 amide bonds. The fourth-order valence-corrected chi connectivity index (χ4v) is 1.20. The number of rotatable bonds is 3. The van der Waals surface area contributed by atoms with Crippen molar-refractivity contribution in [2.45, 2.75) is 13.8 Å². The lowest BCUT2D eigenvalue weighted by molar-refractivity contribution is 0.272. The Morgan fingerprint density at radius 1 is 1.62 bits per heavy atom. The molecule has 0 bridgehead atoms. The summed E-state index contributed by atoms with van der Waals surface area (Å²) in [5.41, 5.74) is 2.03. The first-order valence-electron chi connectivity index (χ1n) is 4.14. The predicted molar refractivity (Wildman–Crippen MR) is 57.3 cm³/mol. The highest BCUT2D eigenvalue weighted by molar-refractivity contribution is 9.10. The van der Waals surface area contributed by atoms with Crippen LogP contribution in [0.1, 0.15) is 18.2 Å². The number of aryl methyl sites for hydroxylation is 1. The number of ether oxygens (including phenoxy) is 1. The standard InChI is InChI=1S/C10H12BrNO/c1-3-13-5-4-9-6-10(11)8(2)12-7-9/h4-7H,3H2,1-2H3/b5-4+. The minimum absolute atomic E-state index is 0.691. The van der Waals surface area contributed by atoms with E-state index in [1.807, 2.05) is 32.2 Å². The summed E-state index contributed by atoms with van der Waals surface area (Å²) in [4.78, 5) is 4.20. The van der Waals surface area contributed by atoms with Gasteiger partial charge in [-0.25, -0.2) is 0 Å². The summed E-state index contributed by atoms with van der Waals surface area (Å²) in [5.74, 6) is 0. The lowest BCUT2D eigenvalue weighted by atomic mass is 10.2. The van der Waals surface area contributed by atoms with Gasteiger partial charge in [-0.1, -0.05) is 0 Å². The van der Waals surface area contributed by atoms with Gasteiger partial charge in [0.15, 0.2) is 0 Å². The zero-order valence-electron chi connectivity index (χ0n) is 7.75. The number of hydrogen-bond acceptors (Lipinski definition) is 2. The maximum absolute atomic E-state index is 5.08. The maximum atomic E-state index is 5.08. The molecule has 0 fully saturated rings. The van der Waals surface area contributed by atoms with Crippen LogP contribution in [0.25, 0.3) is 6.08 Å². The van der Waals surface area contributed by atoms with Gasteiger partial charge in [0.2, 0.25) is 0 Å². The van der Waals surface area contributed by atoms with E-state index >= 15 is 0 Å². The van der Waals surface area contributed by atoms with Gasteiger partial charge >= 0.3 is 0 Å². The van der Waals surface area contributed by atoms with Crippen molar-refractivity contribution in [3.8, 4) is 0 Å². The molecule has 0 atom stereocenters. The van der Waals surface area contributed by atoms with E-state index in [0.717, 1.165) is 15.7 Å². The largest absolute Gasteiger partial charge is 0.501 e. The van der Waals surface area contributed by atoms with E-state index in [1.165, 1.54) is 0 Å². The molecule has 1 aromatic heterocycles. The highest BCUT2D eigenvalue weighted by Gasteiger charge is 1.95. The second kappa shape index (κ2) is 5.02. The molecule has 13 heavy (non-hydrogen) atoms. The van der Waals surface area contributed by atoms with Crippen LogP contribution in [-0.4, -0.2) is 11.6 Å². The molecule has 70 valence electrons. The average molecular weight is 242 g/mol. The SMILES string of the molecule is CCO/C=C/c1cnc(C)c(Br)c1. The summed E-state index contributed by atoms with van der Waals surface area (Å²) in [6, 6.07) is 2.01. The van der Waals surface area contributed by atoms with Crippen molar-refractivity contribution >= 4 is 22.0 Å². The first kappa shape index (κ1) is 10.3. The van der Waals surface area contributed by atoms with Crippen molar-refractivity contribution < 1.29 is 4.74 Å². The second-order valence-electron chi connectivity index (χ2n) is 2.59. The molecule has 1 aromatic rings. The molecule has 0 N–H and O–H groups in total. The number of hydrogen-bond donors (Lipinski definition) is 0. The van der Waals surface area contributed by atoms with Crippen LogP contribution in [0.2, 0.25) is 0 Å². The van der Waals surface area contributed by atoms with Gasteiger partial charge in [0.25, 0.3) is 0 Å². The third-order valence-electron chi connectivity index (χ3n) is 1.57. The first-order valence-corrected chi connectivity index (χ1v) is 4.93. The molecule has 0 saturated heterocycles. The minimum atomic E-state index is 0.691. The van der Waals surface area contributed by atoms with Crippen LogP contribution in [0, 0.1) is 6.92 Å². The highest BCUT2D eigenvalue weighted by Crippen LogP contribution is 2.15. The Bertz CT molecular complexity index is 310. The summed E-state index contributed by atoms with van der Waals surface area (Å²) in [5, 5.41) is 0.